The fourth-order valence-corrected chi connectivity index (χ4v) is 3.15. The molecule has 1 atom stereocenters. The van der Waals surface area contributed by atoms with Crippen LogP contribution in [0.5, 0.6) is 23.0 Å². The lowest BCUT2D eigenvalue weighted by molar-refractivity contribution is 0.181. The molecule has 2 aromatic carbocycles. The molecule has 0 aliphatic carbocycles. The van der Waals surface area contributed by atoms with Crippen molar-refractivity contribution in [1.29, 1.82) is 0 Å². The second-order valence-electron chi connectivity index (χ2n) is 6.85. The molecule has 0 fully saturated rings. The van der Waals surface area contributed by atoms with Crippen LogP contribution in [0.25, 0.3) is 0 Å². The summed E-state index contributed by atoms with van der Waals surface area (Å²) in [6.07, 6.45) is -0.845. The second-order valence-corrected chi connectivity index (χ2v) is 6.85. The highest BCUT2D eigenvalue weighted by molar-refractivity contribution is 14.0. The molecule has 0 saturated heterocycles. The number of aliphatic hydroxyl groups excluding tert-OH is 1. The van der Waals surface area contributed by atoms with Gasteiger partial charge in [-0.2, -0.15) is 0 Å². The monoisotopic (exact) mass is 559 g/mol. The molecule has 0 radical (unpaired) electrons. The Morgan fingerprint density at radius 1 is 0.969 bits per heavy atom. The second kappa shape index (κ2) is 13.9. The van der Waals surface area contributed by atoms with Crippen molar-refractivity contribution in [1.82, 2.24) is 10.2 Å². The van der Waals surface area contributed by atoms with Gasteiger partial charge < -0.3 is 34.3 Å². The molecule has 0 aromatic heterocycles. The van der Waals surface area contributed by atoms with E-state index in [0.29, 0.717) is 36.1 Å². The lowest BCUT2D eigenvalue weighted by atomic mass is 10.1. The smallest absolute Gasteiger partial charge is 0.194 e. The van der Waals surface area contributed by atoms with Gasteiger partial charge in [-0.05, 0) is 37.3 Å². The van der Waals surface area contributed by atoms with Crippen molar-refractivity contribution in [3.05, 3.63) is 47.5 Å². The summed E-state index contributed by atoms with van der Waals surface area (Å²) in [7, 11) is 8.35. The van der Waals surface area contributed by atoms with Crippen molar-refractivity contribution in [2.24, 2.45) is 4.99 Å². The highest BCUT2D eigenvalue weighted by Gasteiger charge is 2.16. The summed E-state index contributed by atoms with van der Waals surface area (Å²) in [4.78, 5) is 6.60. The van der Waals surface area contributed by atoms with E-state index in [9.17, 15) is 5.11 Å². The number of benzene rings is 2. The number of halogens is 1. The molecular formula is C23H34IN3O5. The third kappa shape index (κ3) is 7.33. The van der Waals surface area contributed by atoms with Crippen LogP contribution in [0.1, 0.15) is 24.2 Å². The third-order valence-electron chi connectivity index (χ3n) is 4.81. The quantitative estimate of drug-likeness (QED) is 0.262. The van der Waals surface area contributed by atoms with Crippen LogP contribution in [0.2, 0.25) is 0 Å². The van der Waals surface area contributed by atoms with Crippen molar-refractivity contribution in [2.75, 3.05) is 48.6 Å². The first kappa shape index (κ1) is 27.6. The SMILES string of the molecule is CCNC(=NCC(O)c1cc(OC)ccc1OC)N(C)Cc1ccc(OC)cc1OC.I. The number of nitrogens with zero attached hydrogens (tertiary/aromatic N) is 2. The summed E-state index contributed by atoms with van der Waals surface area (Å²) in [5, 5.41) is 14.0. The number of ether oxygens (including phenoxy) is 4. The number of hydrogen-bond donors (Lipinski definition) is 2. The average Bonchev–Trinajstić information content (AvgIpc) is 2.81. The first-order valence-electron chi connectivity index (χ1n) is 10.1. The van der Waals surface area contributed by atoms with Gasteiger partial charge in [0.1, 0.15) is 29.1 Å². The van der Waals surface area contributed by atoms with E-state index in [2.05, 4.69) is 10.3 Å². The maximum absolute atomic E-state index is 10.8. The molecule has 0 spiro atoms. The highest BCUT2D eigenvalue weighted by atomic mass is 127. The number of guanidine groups is 1. The van der Waals surface area contributed by atoms with Gasteiger partial charge in [-0.1, -0.05) is 0 Å². The molecule has 178 valence electrons. The molecule has 32 heavy (non-hydrogen) atoms. The van der Waals surface area contributed by atoms with Crippen LogP contribution in [0, 0.1) is 0 Å². The van der Waals surface area contributed by atoms with Crippen LogP contribution in [-0.4, -0.2) is 64.5 Å². The molecule has 8 nitrogen and oxygen atoms in total. The Bertz CT molecular complexity index is 879. The summed E-state index contributed by atoms with van der Waals surface area (Å²) in [6, 6.07) is 11.0. The van der Waals surface area contributed by atoms with E-state index < -0.39 is 6.10 Å². The average molecular weight is 559 g/mol. The van der Waals surface area contributed by atoms with Gasteiger partial charge >= 0.3 is 0 Å². The van der Waals surface area contributed by atoms with E-state index >= 15 is 0 Å². The molecule has 2 N–H and O–H groups in total. The van der Waals surface area contributed by atoms with E-state index in [1.807, 2.05) is 37.1 Å². The molecule has 9 heteroatoms. The van der Waals surface area contributed by atoms with Crippen LogP contribution in [0.4, 0.5) is 0 Å². The van der Waals surface area contributed by atoms with Gasteiger partial charge in [0.2, 0.25) is 0 Å². The zero-order valence-corrected chi connectivity index (χ0v) is 21.9. The van der Waals surface area contributed by atoms with Gasteiger partial charge in [0.25, 0.3) is 0 Å². The number of aliphatic hydroxyl groups is 1. The summed E-state index contributed by atoms with van der Waals surface area (Å²) in [5.41, 5.74) is 1.62. The van der Waals surface area contributed by atoms with Gasteiger partial charge in [-0.25, -0.2) is 0 Å². The Morgan fingerprint density at radius 3 is 2.19 bits per heavy atom. The molecular weight excluding hydrogens is 525 g/mol. The van der Waals surface area contributed by atoms with E-state index in [1.54, 1.807) is 46.6 Å². The number of rotatable bonds is 10. The standard InChI is InChI=1S/C23H33N3O5.HI/c1-7-24-23(26(2)15-16-8-9-18(29-4)13-22(16)31-6)25-14-20(27)19-12-17(28-3)10-11-21(19)30-5;/h8-13,20,27H,7,14-15H2,1-6H3,(H,24,25);1H. The van der Waals surface area contributed by atoms with E-state index in [0.717, 1.165) is 17.1 Å². The predicted molar refractivity (Wildman–Crippen MR) is 137 cm³/mol. The first-order chi connectivity index (χ1) is 15.0. The van der Waals surface area contributed by atoms with Crippen molar-refractivity contribution in [3.63, 3.8) is 0 Å². The van der Waals surface area contributed by atoms with Crippen molar-refractivity contribution < 1.29 is 24.1 Å². The topological polar surface area (TPSA) is 84.8 Å². The minimum atomic E-state index is -0.845. The van der Waals surface area contributed by atoms with Crippen LogP contribution < -0.4 is 24.3 Å². The molecule has 1 unspecified atom stereocenters. The summed E-state index contributed by atoms with van der Waals surface area (Å²) in [5.74, 6) is 3.38. The van der Waals surface area contributed by atoms with Crippen LogP contribution in [-0.2, 0) is 6.54 Å². The summed E-state index contributed by atoms with van der Waals surface area (Å²) in [6.45, 7) is 3.42. The van der Waals surface area contributed by atoms with Crippen molar-refractivity contribution >= 4 is 29.9 Å². The lowest BCUT2D eigenvalue weighted by Gasteiger charge is -2.24. The van der Waals surface area contributed by atoms with Gasteiger partial charge in [0.05, 0.1) is 35.0 Å². The largest absolute Gasteiger partial charge is 0.497 e. The minimum absolute atomic E-state index is 0. The van der Waals surface area contributed by atoms with Crippen molar-refractivity contribution in [2.45, 2.75) is 19.6 Å². The molecule has 2 aromatic rings. The minimum Gasteiger partial charge on any atom is -0.497 e. The fraction of sp³-hybridized carbons (Fsp3) is 0.435. The molecule has 0 saturated carbocycles. The number of methoxy groups -OCH3 is 4. The molecule has 0 aliphatic heterocycles. The Labute approximate surface area is 207 Å². The maximum Gasteiger partial charge on any atom is 0.194 e. The highest BCUT2D eigenvalue weighted by Crippen LogP contribution is 2.30. The zero-order chi connectivity index (χ0) is 22.8. The Hall–Kier alpha value is -2.40. The van der Waals surface area contributed by atoms with Crippen LogP contribution >= 0.6 is 24.0 Å². The van der Waals surface area contributed by atoms with Crippen LogP contribution in [0.15, 0.2) is 41.4 Å². The maximum atomic E-state index is 10.8. The zero-order valence-electron chi connectivity index (χ0n) is 19.5. The molecule has 0 aliphatic rings. The van der Waals surface area contributed by atoms with Gasteiger partial charge in [0, 0.05) is 37.3 Å². The molecule has 2 rings (SSSR count). The van der Waals surface area contributed by atoms with Crippen molar-refractivity contribution in [3.8, 4) is 23.0 Å². The number of aliphatic imine (C=N–C) groups is 1. The predicted octanol–water partition coefficient (Wildman–Crippen LogP) is 3.47. The van der Waals surface area contributed by atoms with Gasteiger partial charge in [-0.15, -0.1) is 24.0 Å². The lowest BCUT2D eigenvalue weighted by Crippen LogP contribution is -2.38. The van der Waals surface area contributed by atoms with Gasteiger partial charge in [0.15, 0.2) is 5.96 Å². The van der Waals surface area contributed by atoms with E-state index in [1.165, 1.54) is 0 Å². The normalized spacial score (nSPS) is 11.8. The molecule has 0 heterocycles. The van der Waals surface area contributed by atoms with Crippen LogP contribution in [0.3, 0.4) is 0 Å². The molecule has 0 amide bonds. The van der Waals surface area contributed by atoms with Gasteiger partial charge in [-0.3, -0.25) is 4.99 Å². The first-order valence-corrected chi connectivity index (χ1v) is 10.1. The Kier molecular flexibility index (Phi) is 12.0. The number of hydrogen-bond acceptors (Lipinski definition) is 6. The fourth-order valence-electron chi connectivity index (χ4n) is 3.15. The van der Waals surface area contributed by atoms with E-state index in [4.69, 9.17) is 18.9 Å². The molecule has 0 bridgehead atoms. The third-order valence-corrected chi connectivity index (χ3v) is 4.81. The Morgan fingerprint density at radius 2 is 1.59 bits per heavy atom. The summed E-state index contributed by atoms with van der Waals surface area (Å²) >= 11 is 0. The van der Waals surface area contributed by atoms with E-state index in [-0.39, 0.29) is 30.5 Å². The number of nitrogens with one attached hydrogen (secondary N) is 1. The Balaban J connectivity index is 0.00000512. The summed E-state index contributed by atoms with van der Waals surface area (Å²) < 4.78 is 21.4.